The number of benzene rings is 2. The minimum atomic E-state index is 0.106. The molecule has 0 atom stereocenters. The largest absolute Gasteiger partial charge is 0.493 e. The van der Waals surface area contributed by atoms with E-state index < -0.39 is 0 Å². The number of rotatable bonds is 2. The minimum Gasteiger partial charge on any atom is -0.493 e. The molecule has 2 nitrogen and oxygen atoms in total. The maximum Gasteiger partial charge on any atom is 0.193 e. The highest BCUT2D eigenvalue weighted by Gasteiger charge is 2.17. The van der Waals surface area contributed by atoms with Crippen LogP contribution in [0.4, 0.5) is 0 Å². The molecule has 3 rings (SSSR count). The fraction of sp³-hybridized carbons (Fsp3) is 0.278. The number of hydrogen-bond acceptors (Lipinski definition) is 2. The first-order valence-corrected chi connectivity index (χ1v) is 7.03. The van der Waals surface area contributed by atoms with E-state index in [-0.39, 0.29) is 5.78 Å². The van der Waals surface area contributed by atoms with E-state index in [9.17, 15) is 4.79 Å². The lowest BCUT2D eigenvalue weighted by molar-refractivity contribution is 0.103. The van der Waals surface area contributed by atoms with Gasteiger partial charge in [-0.25, -0.2) is 0 Å². The second-order valence-corrected chi connectivity index (χ2v) is 5.37. The van der Waals surface area contributed by atoms with Gasteiger partial charge in [-0.15, -0.1) is 0 Å². The fourth-order valence-electron chi connectivity index (χ4n) is 2.82. The van der Waals surface area contributed by atoms with Gasteiger partial charge in [-0.2, -0.15) is 0 Å². The monoisotopic (exact) mass is 266 g/mol. The van der Waals surface area contributed by atoms with Crippen LogP contribution in [-0.2, 0) is 6.42 Å². The predicted octanol–water partition coefficient (Wildman–Crippen LogP) is 3.86. The first kappa shape index (κ1) is 12.9. The normalized spacial score (nSPS) is 13.5. The zero-order valence-corrected chi connectivity index (χ0v) is 11.9. The van der Waals surface area contributed by atoms with Crippen molar-refractivity contribution >= 4 is 5.78 Å². The van der Waals surface area contributed by atoms with E-state index in [1.165, 1.54) is 0 Å². The molecule has 0 saturated heterocycles. The Hall–Kier alpha value is -2.09. The molecule has 1 aliphatic heterocycles. The molecular formula is C18H18O2. The van der Waals surface area contributed by atoms with E-state index >= 15 is 0 Å². The quantitative estimate of drug-likeness (QED) is 0.771. The number of fused-ring (bicyclic) bond motifs is 1. The Balaban J connectivity index is 2.03. The summed E-state index contributed by atoms with van der Waals surface area (Å²) in [4.78, 5) is 12.7. The van der Waals surface area contributed by atoms with Crippen molar-refractivity contribution in [1.29, 1.82) is 0 Å². The maximum absolute atomic E-state index is 12.7. The number of carbonyl (C=O) groups excluding carboxylic acids is 1. The van der Waals surface area contributed by atoms with Gasteiger partial charge in [0.25, 0.3) is 0 Å². The van der Waals surface area contributed by atoms with Gasteiger partial charge >= 0.3 is 0 Å². The standard InChI is InChI=1S/C18H18O2/c1-12-5-3-6-13(2)17(12)18(19)15-8-9-16-14(11-15)7-4-10-20-16/h3,5-6,8-9,11H,4,7,10H2,1-2H3. The van der Waals surface area contributed by atoms with E-state index in [0.717, 1.165) is 53.0 Å². The van der Waals surface area contributed by atoms with Crippen molar-refractivity contribution in [2.24, 2.45) is 0 Å². The van der Waals surface area contributed by atoms with Crippen LogP contribution in [0.1, 0.15) is 39.0 Å². The summed E-state index contributed by atoms with van der Waals surface area (Å²) >= 11 is 0. The summed E-state index contributed by atoms with van der Waals surface area (Å²) in [6.07, 6.45) is 2.01. The van der Waals surface area contributed by atoms with Gasteiger partial charge < -0.3 is 4.74 Å². The smallest absolute Gasteiger partial charge is 0.193 e. The first-order valence-electron chi connectivity index (χ1n) is 7.03. The predicted molar refractivity (Wildman–Crippen MR) is 79.6 cm³/mol. The summed E-state index contributed by atoms with van der Waals surface area (Å²) < 4.78 is 5.60. The first-order chi connectivity index (χ1) is 9.66. The van der Waals surface area contributed by atoms with E-state index in [4.69, 9.17) is 4.74 Å². The van der Waals surface area contributed by atoms with Crippen LogP contribution in [0.2, 0.25) is 0 Å². The van der Waals surface area contributed by atoms with Gasteiger partial charge in [0, 0.05) is 11.1 Å². The van der Waals surface area contributed by atoms with E-state index in [0.29, 0.717) is 0 Å². The van der Waals surface area contributed by atoms with Gasteiger partial charge in [0.2, 0.25) is 0 Å². The molecule has 0 spiro atoms. The molecule has 0 aliphatic carbocycles. The minimum absolute atomic E-state index is 0.106. The molecule has 102 valence electrons. The lowest BCUT2D eigenvalue weighted by atomic mass is 9.93. The van der Waals surface area contributed by atoms with Gasteiger partial charge in [0.1, 0.15) is 5.75 Å². The average molecular weight is 266 g/mol. The molecule has 2 aromatic carbocycles. The van der Waals surface area contributed by atoms with Crippen molar-refractivity contribution in [3.05, 3.63) is 64.2 Å². The molecule has 1 aliphatic rings. The SMILES string of the molecule is Cc1cccc(C)c1C(=O)c1ccc2c(c1)CCCO2. The number of carbonyl (C=O) groups is 1. The Morgan fingerprint density at radius 1 is 1.10 bits per heavy atom. The molecule has 0 radical (unpaired) electrons. The highest BCUT2D eigenvalue weighted by Crippen LogP contribution is 2.27. The van der Waals surface area contributed by atoms with Crippen molar-refractivity contribution in [3.8, 4) is 5.75 Å². The van der Waals surface area contributed by atoms with E-state index in [1.807, 2.05) is 50.2 Å². The third-order valence-electron chi connectivity index (χ3n) is 3.88. The summed E-state index contributed by atoms with van der Waals surface area (Å²) in [5.74, 6) is 1.03. The molecule has 0 saturated carbocycles. The molecular weight excluding hydrogens is 248 g/mol. The third-order valence-corrected chi connectivity index (χ3v) is 3.88. The molecule has 2 aromatic rings. The third kappa shape index (κ3) is 2.22. The molecule has 0 unspecified atom stereocenters. The molecule has 0 fully saturated rings. The molecule has 1 heterocycles. The van der Waals surface area contributed by atoms with Crippen molar-refractivity contribution in [1.82, 2.24) is 0 Å². The Labute approximate surface area is 119 Å². The zero-order valence-electron chi connectivity index (χ0n) is 11.9. The Morgan fingerprint density at radius 3 is 2.60 bits per heavy atom. The number of hydrogen-bond donors (Lipinski definition) is 0. The summed E-state index contributed by atoms with van der Waals surface area (Å²) in [5, 5.41) is 0. The van der Waals surface area contributed by atoms with Crippen molar-refractivity contribution in [2.75, 3.05) is 6.61 Å². The Kier molecular flexibility index (Phi) is 3.31. The van der Waals surface area contributed by atoms with Crippen LogP contribution in [0, 0.1) is 13.8 Å². The molecule has 0 bridgehead atoms. The number of ether oxygens (including phenoxy) is 1. The number of ketones is 1. The van der Waals surface area contributed by atoms with Crippen LogP contribution in [0.3, 0.4) is 0 Å². The van der Waals surface area contributed by atoms with E-state index in [2.05, 4.69) is 0 Å². The van der Waals surface area contributed by atoms with Crippen molar-refractivity contribution in [3.63, 3.8) is 0 Å². The molecule has 2 heteroatoms. The van der Waals surface area contributed by atoms with Crippen LogP contribution in [0.5, 0.6) is 5.75 Å². The van der Waals surface area contributed by atoms with Crippen LogP contribution in [0.25, 0.3) is 0 Å². The van der Waals surface area contributed by atoms with Crippen LogP contribution >= 0.6 is 0 Å². The highest BCUT2D eigenvalue weighted by molar-refractivity contribution is 6.11. The van der Waals surface area contributed by atoms with Gasteiger partial charge in [-0.3, -0.25) is 4.79 Å². The van der Waals surface area contributed by atoms with Gasteiger partial charge in [-0.1, -0.05) is 18.2 Å². The second kappa shape index (κ2) is 5.12. The zero-order chi connectivity index (χ0) is 14.1. The molecule has 0 amide bonds. The summed E-state index contributed by atoms with van der Waals surface area (Å²) in [6, 6.07) is 11.8. The second-order valence-electron chi connectivity index (χ2n) is 5.37. The van der Waals surface area contributed by atoms with Crippen molar-refractivity contribution in [2.45, 2.75) is 26.7 Å². The van der Waals surface area contributed by atoms with E-state index in [1.54, 1.807) is 0 Å². The lowest BCUT2D eigenvalue weighted by Crippen LogP contribution is -2.11. The summed E-state index contributed by atoms with van der Waals surface area (Å²) in [6.45, 7) is 4.75. The Morgan fingerprint density at radius 2 is 1.85 bits per heavy atom. The average Bonchev–Trinajstić information content (AvgIpc) is 2.46. The molecule has 0 aromatic heterocycles. The Bertz CT molecular complexity index is 651. The highest BCUT2D eigenvalue weighted by atomic mass is 16.5. The number of aryl methyl sites for hydroxylation is 3. The van der Waals surface area contributed by atoms with Gasteiger partial charge in [-0.05, 0) is 61.6 Å². The summed E-state index contributed by atoms with van der Waals surface area (Å²) in [7, 11) is 0. The fourth-order valence-corrected chi connectivity index (χ4v) is 2.82. The summed E-state index contributed by atoms with van der Waals surface area (Å²) in [5.41, 5.74) is 4.79. The molecule has 0 N–H and O–H groups in total. The van der Waals surface area contributed by atoms with Crippen LogP contribution < -0.4 is 4.74 Å². The topological polar surface area (TPSA) is 26.3 Å². The molecule has 20 heavy (non-hydrogen) atoms. The maximum atomic E-state index is 12.7. The van der Waals surface area contributed by atoms with Crippen LogP contribution in [0.15, 0.2) is 36.4 Å². The van der Waals surface area contributed by atoms with Gasteiger partial charge in [0.15, 0.2) is 5.78 Å². The van der Waals surface area contributed by atoms with Gasteiger partial charge in [0.05, 0.1) is 6.61 Å². The van der Waals surface area contributed by atoms with Crippen molar-refractivity contribution < 1.29 is 9.53 Å². The lowest BCUT2D eigenvalue weighted by Gasteiger charge is -2.18. The van der Waals surface area contributed by atoms with Crippen LogP contribution in [-0.4, -0.2) is 12.4 Å².